The van der Waals surface area contributed by atoms with E-state index in [-0.39, 0.29) is 25.6 Å². The summed E-state index contributed by atoms with van der Waals surface area (Å²) in [6.07, 6.45) is -0.847. The van der Waals surface area contributed by atoms with Crippen LogP contribution in [0.15, 0.2) is 42.5 Å². The zero-order valence-corrected chi connectivity index (χ0v) is 12.6. The van der Waals surface area contributed by atoms with Gasteiger partial charge in [0, 0.05) is 12.6 Å². The molecule has 0 saturated heterocycles. The van der Waals surface area contributed by atoms with Gasteiger partial charge in [0.05, 0.1) is 23.4 Å². The molecular weight excluding hydrogens is 309 g/mol. The molecule has 0 aliphatic heterocycles. The molecule has 2 aromatic carbocycles. The minimum absolute atomic E-state index is 0.194. The highest BCUT2D eigenvalue weighted by molar-refractivity contribution is 6.33. The zero-order valence-electron chi connectivity index (χ0n) is 11.8. The van der Waals surface area contributed by atoms with Gasteiger partial charge >= 0.3 is 0 Å². The number of aliphatic hydroxyl groups is 2. The third-order valence-electron chi connectivity index (χ3n) is 2.97. The van der Waals surface area contributed by atoms with Crippen LogP contribution in [-0.2, 0) is 6.61 Å². The highest BCUT2D eigenvalue weighted by atomic mass is 35.5. The van der Waals surface area contributed by atoms with Crippen molar-refractivity contribution in [2.24, 2.45) is 0 Å². The van der Waals surface area contributed by atoms with Gasteiger partial charge in [0.2, 0.25) is 0 Å². The summed E-state index contributed by atoms with van der Waals surface area (Å²) < 4.78 is 18.6. The van der Waals surface area contributed by atoms with Gasteiger partial charge in [-0.1, -0.05) is 23.7 Å². The summed E-state index contributed by atoms with van der Waals surface area (Å²) in [4.78, 5) is 0. The average Bonchev–Trinajstić information content (AvgIpc) is 2.51. The van der Waals surface area contributed by atoms with E-state index in [4.69, 9.17) is 21.4 Å². The summed E-state index contributed by atoms with van der Waals surface area (Å²) in [7, 11) is 0. The highest BCUT2D eigenvalue weighted by Crippen LogP contribution is 2.27. The van der Waals surface area contributed by atoms with Gasteiger partial charge in [-0.3, -0.25) is 0 Å². The van der Waals surface area contributed by atoms with Gasteiger partial charge in [0.1, 0.15) is 18.2 Å². The number of hydrogen-bond donors (Lipinski definition) is 3. The second-order valence-electron chi connectivity index (χ2n) is 4.78. The van der Waals surface area contributed by atoms with Crippen LogP contribution in [0.25, 0.3) is 0 Å². The van der Waals surface area contributed by atoms with E-state index in [1.165, 1.54) is 12.1 Å². The Hall–Kier alpha value is -1.82. The Bertz CT molecular complexity index is 624. The van der Waals surface area contributed by atoms with Crippen molar-refractivity contribution < 1.29 is 19.3 Å². The number of hydrogen-bond acceptors (Lipinski definition) is 4. The minimum Gasteiger partial charge on any atom is -0.489 e. The molecule has 0 saturated carbocycles. The lowest BCUT2D eigenvalue weighted by Crippen LogP contribution is -2.23. The van der Waals surface area contributed by atoms with Crippen LogP contribution in [0.1, 0.15) is 5.56 Å². The van der Waals surface area contributed by atoms with Crippen molar-refractivity contribution in [2.75, 3.05) is 18.5 Å². The molecule has 0 amide bonds. The van der Waals surface area contributed by atoms with E-state index in [2.05, 4.69) is 5.32 Å². The van der Waals surface area contributed by atoms with Crippen molar-refractivity contribution >= 4 is 17.3 Å². The second-order valence-corrected chi connectivity index (χ2v) is 5.18. The fraction of sp³-hybridized carbons (Fsp3) is 0.250. The maximum absolute atomic E-state index is 13.1. The third kappa shape index (κ3) is 4.87. The lowest BCUT2D eigenvalue weighted by molar-refractivity contribution is 0.105. The van der Waals surface area contributed by atoms with Crippen LogP contribution in [-0.4, -0.2) is 29.5 Å². The van der Waals surface area contributed by atoms with E-state index in [1.54, 1.807) is 30.3 Å². The SMILES string of the molecule is OCC(O)CNc1ccc(OCc2cccc(F)c2)cc1Cl. The molecule has 3 N–H and O–H groups in total. The first-order valence-electron chi connectivity index (χ1n) is 6.78. The molecule has 118 valence electrons. The number of ether oxygens (including phenoxy) is 1. The average molecular weight is 326 g/mol. The Balaban J connectivity index is 1.94. The molecule has 0 aliphatic rings. The molecule has 0 spiro atoms. The summed E-state index contributed by atoms with van der Waals surface area (Å²) in [5, 5.41) is 21.4. The summed E-state index contributed by atoms with van der Waals surface area (Å²) >= 11 is 6.12. The van der Waals surface area contributed by atoms with Gasteiger partial charge in [-0.15, -0.1) is 0 Å². The van der Waals surface area contributed by atoms with Crippen molar-refractivity contribution in [1.82, 2.24) is 0 Å². The number of anilines is 1. The van der Waals surface area contributed by atoms with E-state index in [1.807, 2.05) is 0 Å². The second kappa shape index (κ2) is 7.98. The zero-order chi connectivity index (χ0) is 15.9. The number of nitrogens with one attached hydrogen (secondary N) is 1. The summed E-state index contributed by atoms with van der Waals surface area (Å²) in [5.41, 5.74) is 1.36. The molecule has 6 heteroatoms. The monoisotopic (exact) mass is 325 g/mol. The van der Waals surface area contributed by atoms with E-state index < -0.39 is 6.10 Å². The van der Waals surface area contributed by atoms with Crippen LogP contribution in [0.2, 0.25) is 5.02 Å². The van der Waals surface area contributed by atoms with Crippen LogP contribution in [0, 0.1) is 5.82 Å². The predicted octanol–water partition coefficient (Wildman–Crippen LogP) is 2.82. The number of aliphatic hydroxyl groups excluding tert-OH is 2. The smallest absolute Gasteiger partial charge is 0.123 e. The maximum Gasteiger partial charge on any atom is 0.123 e. The van der Waals surface area contributed by atoms with Crippen LogP contribution in [0.4, 0.5) is 10.1 Å². The van der Waals surface area contributed by atoms with Crippen LogP contribution in [0.3, 0.4) is 0 Å². The first kappa shape index (κ1) is 16.5. The van der Waals surface area contributed by atoms with Crippen molar-refractivity contribution in [3.8, 4) is 5.75 Å². The Morgan fingerprint density at radius 2 is 2.05 bits per heavy atom. The lowest BCUT2D eigenvalue weighted by Gasteiger charge is -2.13. The number of rotatable bonds is 7. The van der Waals surface area contributed by atoms with Crippen LogP contribution >= 0.6 is 11.6 Å². The first-order chi connectivity index (χ1) is 10.6. The molecular formula is C16H17ClFNO3. The molecule has 0 radical (unpaired) electrons. The van der Waals surface area contributed by atoms with Crippen molar-refractivity contribution in [3.63, 3.8) is 0 Å². The summed E-state index contributed by atoms with van der Waals surface area (Å²) in [5.74, 6) is 0.253. The molecule has 0 fully saturated rings. The van der Waals surface area contributed by atoms with Crippen LogP contribution < -0.4 is 10.1 Å². The van der Waals surface area contributed by atoms with Gasteiger partial charge in [-0.25, -0.2) is 4.39 Å². The molecule has 22 heavy (non-hydrogen) atoms. The molecule has 0 bridgehead atoms. The summed E-state index contributed by atoms with van der Waals surface area (Å²) in [6, 6.07) is 11.3. The topological polar surface area (TPSA) is 61.7 Å². The molecule has 1 atom stereocenters. The van der Waals surface area contributed by atoms with E-state index >= 15 is 0 Å². The maximum atomic E-state index is 13.1. The van der Waals surface area contributed by atoms with Crippen molar-refractivity contribution in [2.45, 2.75) is 12.7 Å². The lowest BCUT2D eigenvalue weighted by atomic mass is 10.2. The fourth-order valence-corrected chi connectivity index (χ4v) is 2.05. The largest absolute Gasteiger partial charge is 0.489 e. The van der Waals surface area contributed by atoms with Crippen molar-refractivity contribution in [3.05, 3.63) is 58.9 Å². The normalized spacial score (nSPS) is 12.0. The molecule has 0 aliphatic carbocycles. The minimum atomic E-state index is -0.847. The molecule has 4 nitrogen and oxygen atoms in total. The van der Waals surface area contributed by atoms with Crippen molar-refractivity contribution in [1.29, 1.82) is 0 Å². The van der Waals surface area contributed by atoms with Gasteiger partial charge in [0.15, 0.2) is 0 Å². The predicted molar refractivity (Wildman–Crippen MR) is 83.8 cm³/mol. The quantitative estimate of drug-likeness (QED) is 0.732. The number of benzene rings is 2. The van der Waals surface area contributed by atoms with Gasteiger partial charge in [-0.05, 0) is 29.8 Å². The molecule has 1 unspecified atom stereocenters. The van der Waals surface area contributed by atoms with E-state index in [0.717, 1.165) is 5.56 Å². The Morgan fingerprint density at radius 3 is 2.73 bits per heavy atom. The van der Waals surface area contributed by atoms with Gasteiger partial charge in [-0.2, -0.15) is 0 Å². The third-order valence-corrected chi connectivity index (χ3v) is 3.29. The Labute approximate surface area is 133 Å². The molecule has 0 aromatic heterocycles. The first-order valence-corrected chi connectivity index (χ1v) is 7.16. The molecule has 2 rings (SSSR count). The summed E-state index contributed by atoms with van der Waals surface area (Å²) in [6.45, 7) is 0.114. The highest BCUT2D eigenvalue weighted by Gasteiger charge is 2.06. The Morgan fingerprint density at radius 1 is 1.23 bits per heavy atom. The van der Waals surface area contributed by atoms with E-state index in [9.17, 15) is 9.50 Å². The molecule has 0 heterocycles. The standard InChI is InChI=1S/C16H17ClFNO3/c17-15-7-14(4-5-16(15)19-8-13(21)9-20)22-10-11-2-1-3-12(18)6-11/h1-7,13,19-21H,8-10H2. The number of halogens is 2. The van der Waals surface area contributed by atoms with Crippen LogP contribution in [0.5, 0.6) is 5.75 Å². The molecule has 2 aromatic rings. The van der Waals surface area contributed by atoms with Gasteiger partial charge in [0.25, 0.3) is 0 Å². The van der Waals surface area contributed by atoms with E-state index in [0.29, 0.717) is 16.5 Å². The van der Waals surface area contributed by atoms with Gasteiger partial charge < -0.3 is 20.3 Å². The fourth-order valence-electron chi connectivity index (χ4n) is 1.81. The Kier molecular flexibility index (Phi) is 6.00.